The molecule has 0 fully saturated rings. The first-order chi connectivity index (χ1) is 8.25. The molecular weight excluding hydrogens is 214 g/mol. The summed E-state index contributed by atoms with van der Waals surface area (Å²) >= 11 is 0. The molecule has 0 atom stereocenters. The standard InChI is InChI=1S/C14H21NO2/c1-2-3-4-5-8-11-17-13-10-7-6-9-12(13)14(15)16/h6-7,9-10H,2-5,8,11H2,1H3,(H2,15,16). The van der Waals surface area contributed by atoms with Crippen LogP contribution in [0.2, 0.25) is 0 Å². The number of carbonyl (C=O) groups excluding carboxylic acids is 1. The molecule has 1 aromatic rings. The molecule has 3 heteroatoms. The zero-order chi connectivity index (χ0) is 12.5. The SMILES string of the molecule is CCCCCCCOc1ccccc1C(N)=O. The lowest BCUT2D eigenvalue weighted by Crippen LogP contribution is -2.13. The molecule has 0 aliphatic heterocycles. The van der Waals surface area contributed by atoms with Crippen LogP contribution in [0, 0.1) is 0 Å². The van der Waals surface area contributed by atoms with E-state index in [0.29, 0.717) is 17.9 Å². The van der Waals surface area contributed by atoms with Crippen molar-refractivity contribution in [3.63, 3.8) is 0 Å². The van der Waals surface area contributed by atoms with Crippen LogP contribution >= 0.6 is 0 Å². The third-order valence-electron chi connectivity index (χ3n) is 2.66. The van der Waals surface area contributed by atoms with Crippen LogP contribution in [0.15, 0.2) is 24.3 Å². The Hall–Kier alpha value is -1.51. The third kappa shape index (κ3) is 4.89. The smallest absolute Gasteiger partial charge is 0.252 e. The van der Waals surface area contributed by atoms with Gasteiger partial charge in [-0.2, -0.15) is 0 Å². The third-order valence-corrected chi connectivity index (χ3v) is 2.66. The van der Waals surface area contributed by atoms with E-state index in [0.717, 1.165) is 6.42 Å². The summed E-state index contributed by atoms with van der Waals surface area (Å²) in [6.45, 7) is 2.84. The van der Waals surface area contributed by atoms with Crippen molar-refractivity contribution in [2.45, 2.75) is 39.0 Å². The Morgan fingerprint density at radius 1 is 1.18 bits per heavy atom. The number of unbranched alkanes of at least 4 members (excludes halogenated alkanes) is 4. The lowest BCUT2D eigenvalue weighted by atomic mass is 10.1. The zero-order valence-corrected chi connectivity index (χ0v) is 10.4. The van der Waals surface area contributed by atoms with Gasteiger partial charge >= 0.3 is 0 Å². The summed E-state index contributed by atoms with van der Waals surface area (Å²) in [7, 11) is 0. The van der Waals surface area contributed by atoms with Crippen molar-refractivity contribution in [2.24, 2.45) is 5.73 Å². The van der Waals surface area contributed by atoms with E-state index in [1.54, 1.807) is 18.2 Å². The van der Waals surface area contributed by atoms with E-state index < -0.39 is 5.91 Å². The van der Waals surface area contributed by atoms with Gasteiger partial charge in [-0.1, -0.05) is 44.7 Å². The molecule has 1 aromatic carbocycles. The van der Waals surface area contributed by atoms with Crippen LogP contribution < -0.4 is 10.5 Å². The number of carbonyl (C=O) groups is 1. The minimum Gasteiger partial charge on any atom is -0.493 e. The Morgan fingerprint density at radius 3 is 2.59 bits per heavy atom. The van der Waals surface area contributed by atoms with Gasteiger partial charge in [0.2, 0.25) is 0 Å². The van der Waals surface area contributed by atoms with Gasteiger partial charge < -0.3 is 10.5 Å². The summed E-state index contributed by atoms with van der Waals surface area (Å²) < 4.78 is 5.58. The summed E-state index contributed by atoms with van der Waals surface area (Å²) in [5, 5.41) is 0. The van der Waals surface area contributed by atoms with Gasteiger partial charge in [-0.3, -0.25) is 4.79 Å². The van der Waals surface area contributed by atoms with Crippen LogP contribution in [0.5, 0.6) is 5.75 Å². The van der Waals surface area contributed by atoms with E-state index in [1.807, 2.05) is 6.07 Å². The molecule has 1 rings (SSSR count). The monoisotopic (exact) mass is 235 g/mol. The van der Waals surface area contributed by atoms with E-state index in [-0.39, 0.29) is 0 Å². The van der Waals surface area contributed by atoms with Gasteiger partial charge in [0.05, 0.1) is 12.2 Å². The first kappa shape index (κ1) is 13.6. The van der Waals surface area contributed by atoms with Crippen LogP contribution in [0.3, 0.4) is 0 Å². The molecule has 0 heterocycles. The highest BCUT2D eigenvalue weighted by atomic mass is 16.5. The van der Waals surface area contributed by atoms with Gasteiger partial charge in [-0.15, -0.1) is 0 Å². The fraction of sp³-hybridized carbons (Fsp3) is 0.500. The number of primary amides is 1. The molecule has 3 nitrogen and oxygen atoms in total. The fourth-order valence-corrected chi connectivity index (χ4v) is 1.68. The molecule has 0 aliphatic rings. The van der Waals surface area contributed by atoms with Crippen LogP contribution in [0.4, 0.5) is 0 Å². The second-order valence-electron chi connectivity index (χ2n) is 4.12. The van der Waals surface area contributed by atoms with E-state index in [2.05, 4.69) is 6.92 Å². The predicted molar refractivity (Wildman–Crippen MR) is 69.2 cm³/mol. The Bertz CT molecular complexity index is 350. The Kier molecular flexibility index (Phi) is 6.15. The predicted octanol–water partition coefficient (Wildman–Crippen LogP) is 3.13. The van der Waals surface area contributed by atoms with Crippen LogP contribution in [0.1, 0.15) is 49.4 Å². The molecule has 1 amide bonds. The quantitative estimate of drug-likeness (QED) is 0.704. The number of benzene rings is 1. The second-order valence-corrected chi connectivity index (χ2v) is 4.12. The molecule has 17 heavy (non-hydrogen) atoms. The van der Waals surface area contributed by atoms with Gasteiger partial charge in [-0.25, -0.2) is 0 Å². The van der Waals surface area contributed by atoms with Crippen molar-refractivity contribution >= 4 is 5.91 Å². The maximum Gasteiger partial charge on any atom is 0.252 e. The van der Waals surface area contributed by atoms with E-state index in [4.69, 9.17) is 10.5 Å². The van der Waals surface area contributed by atoms with Gasteiger partial charge in [0, 0.05) is 0 Å². The molecule has 0 saturated heterocycles. The van der Waals surface area contributed by atoms with Gasteiger partial charge in [0.1, 0.15) is 5.75 Å². The first-order valence-corrected chi connectivity index (χ1v) is 6.27. The molecular formula is C14H21NO2. The minimum absolute atomic E-state index is 0.438. The van der Waals surface area contributed by atoms with Crippen molar-refractivity contribution in [1.82, 2.24) is 0 Å². The van der Waals surface area contributed by atoms with Gasteiger partial charge in [-0.05, 0) is 18.6 Å². The number of ether oxygens (including phenoxy) is 1. The number of para-hydroxylation sites is 1. The normalized spacial score (nSPS) is 10.2. The fourth-order valence-electron chi connectivity index (χ4n) is 1.68. The number of amides is 1. The number of hydrogen-bond donors (Lipinski definition) is 1. The molecule has 0 aromatic heterocycles. The summed E-state index contributed by atoms with van der Waals surface area (Å²) in [5.41, 5.74) is 5.72. The molecule has 0 radical (unpaired) electrons. The first-order valence-electron chi connectivity index (χ1n) is 6.27. The number of nitrogens with two attached hydrogens (primary N) is 1. The van der Waals surface area contributed by atoms with Crippen molar-refractivity contribution < 1.29 is 9.53 Å². The average Bonchev–Trinajstić information content (AvgIpc) is 2.34. The second kappa shape index (κ2) is 7.71. The average molecular weight is 235 g/mol. The van der Waals surface area contributed by atoms with Gasteiger partial charge in [0.15, 0.2) is 0 Å². The van der Waals surface area contributed by atoms with Gasteiger partial charge in [0.25, 0.3) is 5.91 Å². The Morgan fingerprint density at radius 2 is 1.88 bits per heavy atom. The zero-order valence-electron chi connectivity index (χ0n) is 10.4. The van der Waals surface area contributed by atoms with Crippen molar-refractivity contribution in [2.75, 3.05) is 6.61 Å². The van der Waals surface area contributed by atoms with E-state index >= 15 is 0 Å². The molecule has 94 valence electrons. The van der Waals surface area contributed by atoms with Crippen LogP contribution in [-0.2, 0) is 0 Å². The highest BCUT2D eigenvalue weighted by Gasteiger charge is 2.07. The lowest BCUT2D eigenvalue weighted by Gasteiger charge is -2.08. The highest BCUT2D eigenvalue weighted by Crippen LogP contribution is 2.17. The van der Waals surface area contributed by atoms with Crippen LogP contribution in [0.25, 0.3) is 0 Å². The van der Waals surface area contributed by atoms with E-state index in [9.17, 15) is 4.79 Å². The molecule has 0 saturated carbocycles. The highest BCUT2D eigenvalue weighted by molar-refractivity contribution is 5.95. The largest absolute Gasteiger partial charge is 0.493 e. The molecule has 0 bridgehead atoms. The summed E-state index contributed by atoms with van der Waals surface area (Å²) in [4.78, 5) is 11.1. The topological polar surface area (TPSA) is 52.3 Å². The summed E-state index contributed by atoms with van der Waals surface area (Å²) in [6.07, 6.45) is 5.96. The maximum absolute atomic E-state index is 11.1. The van der Waals surface area contributed by atoms with Crippen LogP contribution in [-0.4, -0.2) is 12.5 Å². The Balaban J connectivity index is 2.34. The van der Waals surface area contributed by atoms with Crippen molar-refractivity contribution in [1.29, 1.82) is 0 Å². The van der Waals surface area contributed by atoms with E-state index in [1.165, 1.54) is 25.7 Å². The summed E-state index contributed by atoms with van der Waals surface area (Å²) in [6, 6.07) is 7.11. The van der Waals surface area contributed by atoms with Crippen molar-refractivity contribution in [3.05, 3.63) is 29.8 Å². The van der Waals surface area contributed by atoms with Crippen molar-refractivity contribution in [3.8, 4) is 5.75 Å². The minimum atomic E-state index is -0.438. The lowest BCUT2D eigenvalue weighted by molar-refractivity contribution is 0.0996. The maximum atomic E-state index is 11.1. The number of rotatable bonds is 8. The number of hydrogen-bond acceptors (Lipinski definition) is 2. The molecule has 0 unspecified atom stereocenters. The Labute approximate surface area is 103 Å². The molecule has 0 spiro atoms. The molecule has 2 N–H and O–H groups in total. The molecule has 0 aliphatic carbocycles. The summed E-state index contributed by atoms with van der Waals surface area (Å²) in [5.74, 6) is 0.155.